The molecule has 1 unspecified atom stereocenters. The molecule has 16 heavy (non-hydrogen) atoms. The molecule has 0 fully saturated rings. The Morgan fingerprint density at radius 2 is 1.62 bits per heavy atom. The molecular weight excluding hydrogens is 274 g/mol. The Bertz CT molecular complexity index is 204. The number of rotatable bonds is 5. The van der Waals surface area contributed by atoms with Gasteiger partial charge in [-0.15, -0.1) is 0 Å². The molecule has 0 aliphatic rings. The fourth-order valence-electron chi connectivity index (χ4n) is 0.917. The van der Waals surface area contributed by atoms with Crippen LogP contribution in [0.3, 0.4) is 0 Å². The van der Waals surface area contributed by atoms with E-state index < -0.39 is 10.4 Å². The minimum Gasteiger partial charge on any atom is -1.00 e. The zero-order chi connectivity index (χ0) is 11.6. The van der Waals surface area contributed by atoms with Gasteiger partial charge in [-0.05, 0) is 12.3 Å². The molecule has 96 valence electrons. The first-order valence-corrected chi connectivity index (χ1v) is 6.05. The van der Waals surface area contributed by atoms with Gasteiger partial charge in [-0.2, -0.15) is 8.42 Å². The van der Waals surface area contributed by atoms with Crippen molar-refractivity contribution in [3.63, 3.8) is 0 Å². The molecule has 0 rings (SSSR count). The Kier molecular flexibility index (Phi) is 28.2. The fraction of sp³-hybridized carbons (Fsp3) is 1.00. The summed E-state index contributed by atoms with van der Waals surface area (Å²) in [6, 6.07) is 0. The standard InChI is InChI=1S/C8H18O.Al.K.H2O4S.4H/c1-3-5-6-8(4-2)7-9;;;1-5(2,3)4;;;;/h8-9H,3-7H2,1-2H3;;;(H2,1,2,3,4);;;;/q;;+1;;;;;-1. The van der Waals surface area contributed by atoms with E-state index in [1.165, 1.54) is 19.3 Å². The van der Waals surface area contributed by atoms with Crippen LogP contribution in [0.25, 0.3) is 0 Å². The molecule has 0 heterocycles. The van der Waals surface area contributed by atoms with Crippen LogP contribution in [0.1, 0.15) is 41.0 Å². The van der Waals surface area contributed by atoms with Gasteiger partial charge in [0, 0.05) is 6.61 Å². The van der Waals surface area contributed by atoms with Crippen LogP contribution >= 0.6 is 0 Å². The summed E-state index contributed by atoms with van der Waals surface area (Å²) in [6.45, 7) is 4.69. The molecule has 0 aliphatic heterocycles. The molecule has 0 aromatic rings. The third-order valence-electron chi connectivity index (χ3n) is 1.80. The predicted molar refractivity (Wildman–Crippen MR) is 65.6 cm³/mol. The fourth-order valence-corrected chi connectivity index (χ4v) is 0.917. The molecule has 0 spiro atoms. The molecule has 8 heteroatoms. The summed E-state index contributed by atoms with van der Waals surface area (Å²) >= 11 is 0. The van der Waals surface area contributed by atoms with E-state index in [2.05, 4.69) is 13.8 Å². The maximum Gasteiger partial charge on any atom is 1.00 e. The Morgan fingerprint density at radius 1 is 1.25 bits per heavy atom. The van der Waals surface area contributed by atoms with Gasteiger partial charge in [-0.3, -0.25) is 9.11 Å². The van der Waals surface area contributed by atoms with Crippen LogP contribution < -0.4 is 51.4 Å². The average Bonchev–Trinajstić information content (AvgIpc) is 2.04. The monoisotopic (exact) mass is 298 g/mol. The van der Waals surface area contributed by atoms with E-state index in [1.54, 1.807) is 0 Å². The van der Waals surface area contributed by atoms with Crippen molar-refractivity contribution in [1.82, 2.24) is 0 Å². The van der Waals surface area contributed by atoms with E-state index in [0.717, 1.165) is 6.42 Å². The average molecular weight is 298 g/mol. The van der Waals surface area contributed by atoms with Crippen LogP contribution in [0, 0.1) is 5.92 Å². The Hall–Kier alpha value is 2.00. The minimum atomic E-state index is -4.67. The maximum absolute atomic E-state index is 8.75. The third-order valence-corrected chi connectivity index (χ3v) is 1.80. The van der Waals surface area contributed by atoms with E-state index in [0.29, 0.717) is 12.5 Å². The van der Waals surface area contributed by atoms with E-state index in [4.69, 9.17) is 22.6 Å². The molecule has 1 atom stereocenters. The van der Waals surface area contributed by atoms with Gasteiger partial charge in [0.2, 0.25) is 0 Å². The molecular formula is C8H24AlKO5S. The predicted octanol–water partition coefficient (Wildman–Crippen LogP) is -2.53. The number of unbranched alkanes of at least 4 members (excludes halogenated alkanes) is 1. The molecule has 0 aliphatic carbocycles. The molecule has 3 N–H and O–H groups in total. The van der Waals surface area contributed by atoms with Crippen LogP contribution in [0.2, 0.25) is 0 Å². The van der Waals surface area contributed by atoms with E-state index in [9.17, 15) is 0 Å². The van der Waals surface area contributed by atoms with Crippen molar-refractivity contribution >= 4 is 27.8 Å². The van der Waals surface area contributed by atoms with Crippen LogP contribution in [-0.4, -0.2) is 46.6 Å². The van der Waals surface area contributed by atoms with Crippen molar-refractivity contribution in [2.45, 2.75) is 39.5 Å². The van der Waals surface area contributed by atoms with Crippen LogP contribution in [0.15, 0.2) is 0 Å². The molecule has 0 radical (unpaired) electrons. The summed E-state index contributed by atoms with van der Waals surface area (Å²) in [7, 11) is -4.67. The van der Waals surface area contributed by atoms with E-state index >= 15 is 0 Å². The SMILES string of the molecule is CCCCC(CC)CO.O=S(=O)(O)O.[AlH3].[H-].[K+]. The van der Waals surface area contributed by atoms with Gasteiger partial charge in [0.05, 0.1) is 0 Å². The first-order valence-electron chi connectivity index (χ1n) is 4.65. The van der Waals surface area contributed by atoms with Gasteiger partial charge in [0.15, 0.2) is 17.4 Å². The maximum atomic E-state index is 8.75. The minimum absolute atomic E-state index is 0. The summed E-state index contributed by atoms with van der Waals surface area (Å²) < 4.78 is 31.6. The van der Waals surface area contributed by atoms with Crippen LogP contribution in [-0.2, 0) is 10.4 Å². The van der Waals surface area contributed by atoms with Crippen molar-refractivity contribution in [2.75, 3.05) is 6.61 Å². The second-order valence-corrected chi connectivity index (χ2v) is 3.94. The Balaban J connectivity index is -0.0000000533. The molecule has 0 amide bonds. The van der Waals surface area contributed by atoms with Crippen molar-refractivity contribution in [2.24, 2.45) is 5.92 Å². The van der Waals surface area contributed by atoms with Crippen molar-refractivity contribution in [3.05, 3.63) is 0 Å². The van der Waals surface area contributed by atoms with Crippen molar-refractivity contribution in [1.29, 1.82) is 0 Å². The summed E-state index contributed by atoms with van der Waals surface area (Å²) in [6.07, 6.45) is 4.83. The van der Waals surface area contributed by atoms with Crippen molar-refractivity contribution < 1.29 is 75.4 Å². The number of aliphatic hydroxyl groups excluding tert-OH is 1. The van der Waals surface area contributed by atoms with Gasteiger partial charge >= 0.3 is 61.8 Å². The second-order valence-electron chi connectivity index (χ2n) is 3.05. The Labute approximate surface area is 153 Å². The van der Waals surface area contributed by atoms with Gasteiger partial charge in [-0.25, -0.2) is 0 Å². The molecule has 0 saturated heterocycles. The van der Waals surface area contributed by atoms with Gasteiger partial charge in [-0.1, -0.05) is 33.1 Å². The van der Waals surface area contributed by atoms with E-state index in [-0.39, 0.29) is 70.2 Å². The topological polar surface area (TPSA) is 94.8 Å². The zero-order valence-electron chi connectivity index (χ0n) is 10.7. The largest absolute Gasteiger partial charge is 1.00 e. The number of aliphatic hydroxyl groups is 1. The summed E-state index contributed by atoms with van der Waals surface area (Å²) in [5, 5.41) is 8.75. The van der Waals surface area contributed by atoms with Gasteiger partial charge < -0.3 is 6.53 Å². The third kappa shape index (κ3) is 36.0. The molecule has 5 nitrogen and oxygen atoms in total. The first kappa shape index (κ1) is 26.5. The number of hydrogen-bond acceptors (Lipinski definition) is 3. The normalized spacial score (nSPS) is 11.3. The van der Waals surface area contributed by atoms with Gasteiger partial charge in [0.1, 0.15) is 0 Å². The van der Waals surface area contributed by atoms with Crippen molar-refractivity contribution in [3.8, 4) is 0 Å². The Morgan fingerprint density at radius 3 is 1.81 bits per heavy atom. The smallest absolute Gasteiger partial charge is 1.00 e. The summed E-state index contributed by atoms with van der Waals surface area (Å²) in [5.74, 6) is 0.560. The van der Waals surface area contributed by atoms with E-state index in [1.807, 2.05) is 0 Å². The molecule has 0 aromatic heterocycles. The van der Waals surface area contributed by atoms with Gasteiger partial charge in [0.25, 0.3) is 0 Å². The zero-order valence-corrected chi connectivity index (χ0v) is 13.6. The first-order chi connectivity index (χ1) is 6.35. The molecule has 0 saturated carbocycles. The second kappa shape index (κ2) is 17.0. The quantitative estimate of drug-likeness (QED) is 0.384. The summed E-state index contributed by atoms with van der Waals surface area (Å²) in [4.78, 5) is 0. The molecule has 0 bridgehead atoms. The molecule has 0 aromatic carbocycles. The summed E-state index contributed by atoms with van der Waals surface area (Å²) in [5.41, 5.74) is 0. The number of hydrogen-bond donors (Lipinski definition) is 3. The van der Waals surface area contributed by atoms with Crippen LogP contribution in [0.5, 0.6) is 0 Å². The van der Waals surface area contributed by atoms with Crippen LogP contribution in [0.4, 0.5) is 0 Å².